The number of hydrogen-bond acceptors (Lipinski definition) is 5. The molecular weight excluding hydrogens is 366 g/mol. The van der Waals surface area contributed by atoms with Crippen LogP contribution in [-0.2, 0) is 6.54 Å². The summed E-state index contributed by atoms with van der Waals surface area (Å²) in [6.07, 6.45) is 2.69. The van der Waals surface area contributed by atoms with E-state index in [9.17, 15) is 10.1 Å². The maximum atomic E-state index is 11.3. The van der Waals surface area contributed by atoms with Crippen LogP contribution < -0.4 is 5.32 Å². The Bertz CT molecular complexity index is 1000. The van der Waals surface area contributed by atoms with Crippen LogP contribution >= 0.6 is 0 Å². The van der Waals surface area contributed by atoms with E-state index in [0.717, 1.165) is 55.2 Å². The van der Waals surface area contributed by atoms with Gasteiger partial charge in [0.1, 0.15) is 5.65 Å². The monoisotopic (exact) mass is 393 g/mol. The number of rotatable bonds is 5. The second kappa shape index (κ2) is 8.31. The van der Waals surface area contributed by atoms with Gasteiger partial charge < -0.3 is 5.32 Å². The van der Waals surface area contributed by atoms with Crippen LogP contribution in [0.15, 0.2) is 42.6 Å². The van der Waals surface area contributed by atoms with E-state index in [4.69, 9.17) is 4.98 Å². The Labute approximate surface area is 170 Å². The number of fused-ring (bicyclic) bond motifs is 1. The van der Waals surface area contributed by atoms with Gasteiger partial charge >= 0.3 is 0 Å². The summed E-state index contributed by atoms with van der Waals surface area (Å²) >= 11 is 0. The van der Waals surface area contributed by atoms with Crippen LogP contribution in [0.3, 0.4) is 0 Å². The molecule has 1 aromatic carbocycles. The van der Waals surface area contributed by atoms with E-state index < -0.39 is 0 Å². The molecule has 1 aliphatic heterocycles. The summed E-state index contributed by atoms with van der Waals surface area (Å²) in [7, 11) is 0. The average molecular weight is 393 g/mol. The van der Waals surface area contributed by atoms with E-state index in [1.807, 2.05) is 4.40 Å². The van der Waals surface area contributed by atoms with Crippen LogP contribution in [-0.4, -0.2) is 45.4 Å². The van der Waals surface area contributed by atoms with Gasteiger partial charge in [-0.15, -0.1) is 0 Å². The van der Waals surface area contributed by atoms with Crippen molar-refractivity contribution in [2.24, 2.45) is 0 Å². The number of nitro groups is 1. The Balaban J connectivity index is 1.80. The highest BCUT2D eigenvalue weighted by Crippen LogP contribution is 2.29. The van der Waals surface area contributed by atoms with Crippen molar-refractivity contribution in [2.75, 3.05) is 26.2 Å². The second-order valence-electron chi connectivity index (χ2n) is 7.94. The third-order valence-electron chi connectivity index (χ3n) is 5.57. The fraction of sp³-hybridized carbons (Fsp3) is 0.409. The van der Waals surface area contributed by atoms with Gasteiger partial charge in [-0.3, -0.25) is 19.4 Å². The number of nitrogens with one attached hydrogen (secondary N) is 1. The molecule has 2 aromatic heterocycles. The van der Waals surface area contributed by atoms with E-state index in [1.165, 1.54) is 11.6 Å². The molecule has 0 bridgehead atoms. The van der Waals surface area contributed by atoms with Crippen molar-refractivity contribution < 1.29 is 4.92 Å². The average Bonchev–Trinajstić information content (AvgIpc) is 2.87. The molecule has 0 unspecified atom stereocenters. The van der Waals surface area contributed by atoms with Gasteiger partial charge in [0, 0.05) is 31.3 Å². The predicted molar refractivity (Wildman–Crippen MR) is 114 cm³/mol. The van der Waals surface area contributed by atoms with Crippen molar-refractivity contribution in [2.45, 2.75) is 32.7 Å². The lowest BCUT2D eigenvalue weighted by Gasteiger charge is -2.20. The summed E-state index contributed by atoms with van der Waals surface area (Å²) < 4.78 is 1.89. The molecule has 0 radical (unpaired) electrons. The lowest BCUT2D eigenvalue weighted by Crippen LogP contribution is -2.28. The van der Waals surface area contributed by atoms with Gasteiger partial charge in [0.25, 0.3) is 5.69 Å². The molecule has 0 aliphatic carbocycles. The van der Waals surface area contributed by atoms with Crippen molar-refractivity contribution >= 4 is 11.3 Å². The molecule has 3 aromatic rings. The Morgan fingerprint density at radius 1 is 1.14 bits per heavy atom. The van der Waals surface area contributed by atoms with Crippen LogP contribution in [0.2, 0.25) is 0 Å². The quantitative estimate of drug-likeness (QED) is 0.527. The van der Waals surface area contributed by atoms with Crippen LogP contribution in [0.25, 0.3) is 16.9 Å². The number of aromatic nitrogens is 2. The zero-order valence-electron chi connectivity index (χ0n) is 17.0. The largest absolute Gasteiger partial charge is 0.315 e. The molecular formula is C22H27N5O2. The summed E-state index contributed by atoms with van der Waals surface area (Å²) in [6.45, 7) is 9.00. The van der Waals surface area contributed by atoms with Crippen LogP contribution in [0.1, 0.15) is 37.4 Å². The minimum atomic E-state index is -0.351. The smallest absolute Gasteiger partial charge is 0.286 e. The maximum Gasteiger partial charge on any atom is 0.286 e. The molecule has 7 nitrogen and oxygen atoms in total. The summed E-state index contributed by atoms with van der Waals surface area (Å²) in [6, 6.07) is 11.8. The summed E-state index contributed by atoms with van der Waals surface area (Å²) in [5.41, 5.74) is 5.05. The minimum absolute atomic E-state index is 0.0791. The van der Waals surface area contributed by atoms with Gasteiger partial charge in [-0.25, -0.2) is 4.98 Å². The second-order valence-corrected chi connectivity index (χ2v) is 7.94. The minimum Gasteiger partial charge on any atom is -0.315 e. The van der Waals surface area contributed by atoms with Gasteiger partial charge in [-0.1, -0.05) is 38.1 Å². The molecule has 3 heterocycles. The molecule has 7 heteroatoms. The topological polar surface area (TPSA) is 75.7 Å². The zero-order valence-corrected chi connectivity index (χ0v) is 17.0. The highest BCUT2D eigenvalue weighted by molar-refractivity contribution is 5.67. The van der Waals surface area contributed by atoms with Crippen molar-refractivity contribution in [1.82, 2.24) is 19.6 Å². The van der Waals surface area contributed by atoms with Crippen LogP contribution in [0.4, 0.5) is 5.69 Å². The maximum absolute atomic E-state index is 11.3. The summed E-state index contributed by atoms with van der Waals surface area (Å²) in [5.74, 6) is 0.469. The molecule has 1 N–H and O–H groups in total. The molecule has 0 saturated carbocycles. The lowest BCUT2D eigenvalue weighted by atomic mass is 10.0. The number of imidazole rings is 1. The SMILES string of the molecule is CC(C)c1ccc(-c2nc3ccc([N+](=O)[O-])cn3c2CN2CCCNCC2)cc1. The Hall–Kier alpha value is -2.77. The van der Waals surface area contributed by atoms with E-state index in [-0.39, 0.29) is 10.6 Å². The Kier molecular flexibility index (Phi) is 5.60. The predicted octanol–water partition coefficient (Wildman–Crippen LogP) is 3.83. The van der Waals surface area contributed by atoms with E-state index >= 15 is 0 Å². The zero-order chi connectivity index (χ0) is 20.4. The fourth-order valence-corrected chi connectivity index (χ4v) is 3.87. The molecule has 4 rings (SSSR count). The molecule has 0 spiro atoms. The molecule has 1 fully saturated rings. The highest BCUT2D eigenvalue weighted by Gasteiger charge is 2.20. The highest BCUT2D eigenvalue weighted by atomic mass is 16.6. The third kappa shape index (κ3) is 4.16. The standard InChI is InChI=1S/C22H27N5O2/c1-16(2)17-4-6-18(7-5-17)22-20(15-25-12-3-10-23-11-13-25)26-14-19(27(28)29)8-9-21(26)24-22/h4-9,14,16,23H,3,10-13,15H2,1-2H3. The van der Waals surface area contributed by atoms with Gasteiger partial charge in [-0.2, -0.15) is 0 Å². The van der Waals surface area contributed by atoms with Crippen molar-refractivity contribution in [3.63, 3.8) is 0 Å². The van der Waals surface area contributed by atoms with Crippen molar-refractivity contribution in [3.8, 4) is 11.3 Å². The first kappa shape index (κ1) is 19.5. The lowest BCUT2D eigenvalue weighted by molar-refractivity contribution is -0.385. The first-order valence-corrected chi connectivity index (χ1v) is 10.2. The van der Waals surface area contributed by atoms with Gasteiger partial charge in [0.2, 0.25) is 0 Å². The van der Waals surface area contributed by atoms with Gasteiger partial charge in [0.15, 0.2) is 0 Å². The molecule has 0 atom stereocenters. The van der Waals surface area contributed by atoms with E-state index in [1.54, 1.807) is 12.3 Å². The Morgan fingerprint density at radius 2 is 1.93 bits per heavy atom. The fourth-order valence-electron chi connectivity index (χ4n) is 3.87. The van der Waals surface area contributed by atoms with Crippen LogP contribution in [0.5, 0.6) is 0 Å². The number of nitrogens with zero attached hydrogens (tertiary/aromatic N) is 4. The summed E-state index contributed by atoms with van der Waals surface area (Å²) in [5, 5.41) is 14.8. The number of pyridine rings is 1. The summed E-state index contributed by atoms with van der Waals surface area (Å²) in [4.78, 5) is 18.2. The first-order chi connectivity index (χ1) is 14.0. The third-order valence-corrected chi connectivity index (χ3v) is 5.57. The van der Waals surface area contributed by atoms with Gasteiger partial charge in [-0.05, 0) is 37.1 Å². The van der Waals surface area contributed by atoms with Crippen molar-refractivity contribution in [3.05, 3.63) is 64.0 Å². The normalized spacial score (nSPS) is 15.7. The molecule has 1 aliphatic rings. The van der Waals surface area contributed by atoms with Crippen LogP contribution in [0, 0.1) is 10.1 Å². The molecule has 152 valence electrons. The van der Waals surface area contributed by atoms with E-state index in [0.29, 0.717) is 12.5 Å². The van der Waals surface area contributed by atoms with Gasteiger partial charge in [0.05, 0.1) is 22.5 Å². The molecule has 0 amide bonds. The molecule has 29 heavy (non-hydrogen) atoms. The Morgan fingerprint density at radius 3 is 2.66 bits per heavy atom. The number of benzene rings is 1. The number of hydrogen-bond donors (Lipinski definition) is 1. The first-order valence-electron chi connectivity index (χ1n) is 10.2. The van der Waals surface area contributed by atoms with E-state index in [2.05, 4.69) is 48.3 Å². The van der Waals surface area contributed by atoms with Crippen molar-refractivity contribution in [1.29, 1.82) is 0 Å². The molecule has 1 saturated heterocycles.